The molecule has 0 aliphatic carbocycles. The number of hydrogen-bond acceptors (Lipinski definition) is 4. The van der Waals surface area contributed by atoms with Crippen LogP contribution in [0.2, 0.25) is 5.02 Å². The number of halogens is 1. The summed E-state index contributed by atoms with van der Waals surface area (Å²) in [6.45, 7) is 1.64. The Morgan fingerprint density at radius 2 is 1.04 bits per heavy atom. The van der Waals surface area contributed by atoms with E-state index in [0.717, 1.165) is 17.1 Å². The van der Waals surface area contributed by atoms with Crippen molar-refractivity contribution in [2.24, 2.45) is 0 Å². The van der Waals surface area contributed by atoms with Crippen molar-refractivity contribution in [3.8, 4) is 11.5 Å². The van der Waals surface area contributed by atoms with Crippen molar-refractivity contribution in [3.63, 3.8) is 0 Å². The zero-order valence-corrected chi connectivity index (χ0v) is 16.3. The molecule has 3 rings (SSSR count). The second kappa shape index (κ2) is 11.3. The van der Waals surface area contributed by atoms with E-state index in [1.54, 1.807) is 0 Å². The number of rotatable bonds is 11. The maximum absolute atomic E-state index is 5.98. The minimum Gasteiger partial charge on any atom is -0.491 e. The first-order valence-electron chi connectivity index (χ1n) is 9.15. The van der Waals surface area contributed by atoms with Crippen LogP contribution in [-0.4, -0.2) is 26.4 Å². The number of ether oxygens (including phenoxy) is 4. The van der Waals surface area contributed by atoms with E-state index in [1.165, 1.54) is 0 Å². The fourth-order valence-electron chi connectivity index (χ4n) is 2.52. The van der Waals surface area contributed by atoms with E-state index in [-0.39, 0.29) is 0 Å². The van der Waals surface area contributed by atoms with Crippen molar-refractivity contribution in [1.29, 1.82) is 0 Å². The number of benzene rings is 3. The summed E-state index contributed by atoms with van der Waals surface area (Å²) < 4.78 is 23.1. The van der Waals surface area contributed by atoms with Crippen molar-refractivity contribution in [2.45, 2.75) is 6.29 Å². The predicted octanol–water partition coefficient (Wildman–Crippen LogP) is 5.53. The Morgan fingerprint density at radius 3 is 1.50 bits per heavy atom. The Hall–Kier alpha value is -2.53. The van der Waals surface area contributed by atoms with Gasteiger partial charge in [-0.15, -0.1) is 0 Å². The summed E-state index contributed by atoms with van der Waals surface area (Å²) >= 11 is 5.98. The average Bonchev–Trinajstić information content (AvgIpc) is 2.75. The normalized spacial score (nSPS) is 10.8. The van der Waals surface area contributed by atoms with Crippen LogP contribution < -0.4 is 9.47 Å². The largest absolute Gasteiger partial charge is 0.491 e. The minimum absolute atomic E-state index is 0.391. The molecule has 3 aromatic rings. The third-order valence-electron chi connectivity index (χ3n) is 3.87. The van der Waals surface area contributed by atoms with Crippen LogP contribution in [0.25, 0.3) is 0 Å². The third kappa shape index (κ3) is 6.89. The van der Waals surface area contributed by atoms with Crippen LogP contribution in [0.4, 0.5) is 0 Å². The molecule has 0 spiro atoms. The molecule has 0 bridgehead atoms. The van der Waals surface area contributed by atoms with E-state index in [0.29, 0.717) is 31.5 Å². The fourth-order valence-corrected chi connectivity index (χ4v) is 2.65. The van der Waals surface area contributed by atoms with Crippen LogP contribution in [0.5, 0.6) is 11.5 Å². The highest BCUT2D eigenvalue weighted by molar-refractivity contribution is 6.30. The quantitative estimate of drug-likeness (QED) is 0.314. The smallest absolute Gasteiger partial charge is 0.184 e. The number of hydrogen-bond donors (Lipinski definition) is 0. The molecule has 4 nitrogen and oxygen atoms in total. The number of para-hydroxylation sites is 2. The minimum atomic E-state index is -0.518. The molecule has 0 N–H and O–H groups in total. The summed E-state index contributed by atoms with van der Waals surface area (Å²) in [5.74, 6) is 1.62. The lowest BCUT2D eigenvalue weighted by Crippen LogP contribution is -2.17. The van der Waals surface area contributed by atoms with E-state index in [2.05, 4.69) is 0 Å². The van der Waals surface area contributed by atoms with Gasteiger partial charge in [0.15, 0.2) is 6.29 Å². The molecule has 0 aliphatic rings. The van der Waals surface area contributed by atoms with E-state index in [4.69, 9.17) is 30.5 Å². The molecule has 3 aromatic carbocycles. The predicted molar refractivity (Wildman–Crippen MR) is 110 cm³/mol. The van der Waals surface area contributed by atoms with Gasteiger partial charge in [0.05, 0.1) is 13.2 Å². The van der Waals surface area contributed by atoms with Crippen molar-refractivity contribution in [2.75, 3.05) is 26.4 Å². The molecule has 0 radical (unpaired) electrons. The summed E-state index contributed by atoms with van der Waals surface area (Å²) in [5.41, 5.74) is 0.892. The molecule has 0 aliphatic heterocycles. The van der Waals surface area contributed by atoms with Gasteiger partial charge < -0.3 is 18.9 Å². The lowest BCUT2D eigenvalue weighted by molar-refractivity contribution is -0.154. The second-order valence-electron chi connectivity index (χ2n) is 5.95. The van der Waals surface area contributed by atoms with Crippen molar-refractivity contribution in [3.05, 3.63) is 95.5 Å². The van der Waals surface area contributed by atoms with Crippen LogP contribution in [0, 0.1) is 0 Å². The van der Waals surface area contributed by atoms with Gasteiger partial charge in [-0.1, -0.05) is 60.1 Å². The highest BCUT2D eigenvalue weighted by Gasteiger charge is 2.13. The van der Waals surface area contributed by atoms with Gasteiger partial charge in [-0.3, -0.25) is 0 Å². The first-order chi connectivity index (χ1) is 13.8. The Labute approximate surface area is 170 Å². The molecule has 0 saturated heterocycles. The lowest BCUT2D eigenvalue weighted by atomic mass is 10.2. The van der Waals surface area contributed by atoms with Gasteiger partial charge in [0, 0.05) is 10.6 Å². The van der Waals surface area contributed by atoms with Crippen molar-refractivity contribution in [1.82, 2.24) is 0 Å². The molecule has 5 heteroatoms. The van der Waals surface area contributed by atoms with E-state index in [9.17, 15) is 0 Å². The standard InChI is InChI=1S/C23H23ClO4/c24-20-13-11-19(12-14-20)23(27-17-15-25-21-7-3-1-4-8-21)28-18-16-26-22-9-5-2-6-10-22/h1-14,23H,15-18H2. The van der Waals surface area contributed by atoms with Gasteiger partial charge in [0.2, 0.25) is 0 Å². The van der Waals surface area contributed by atoms with E-state index in [1.807, 2.05) is 84.9 Å². The summed E-state index contributed by atoms with van der Waals surface area (Å²) in [4.78, 5) is 0. The monoisotopic (exact) mass is 398 g/mol. The summed E-state index contributed by atoms with van der Waals surface area (Å²) in [5, 5.41) is 0.669. The molecule has 0 atom stereocenters. The van der Waals surface area contributed by atoms with Crippen LogP contribution >= 0.6 is 11.6 Å². The summed E-state index contributed by atoms with van der Waals surface area (Å²) in [6, 6.07) is 26.7. The van der Waals surface area contributed by atoms with E-state index < -0.39 is 6.29 Å². The SMILES string of the molecule is Clc1ccc(C(OCCOc2ccccc2)OCCOc2ccccc2)cc1. The molecular weight excluding hydrogens is 376 g/mol. The Balaban J connectivity index is 1.47. The molecule has 0 saturated carbocycles. The van der Waals surface area contributed by atoms with E-state index >= 15 is 0 Å². The van der Waals surface area contributed by atoms with Gasteiger partial charge in [-0.2, -0.15) is 0 Å². The Kier molecular flexibility index (Phi) is 8.19. The average molecular weight is 399 g/mol. The van der Waals surface area contributed by atoms with Crippen LogP contribution in [-0.2, 0) is 9.47 Å². The first-order valence-corrected chi connectivity index (χ1v) is 9.53. The highest BCUT2D eigenvalue weighted by atomic mass is 35.5. The zero-order chi connectivity index (χ0) is 19.4. The molecule has 0 heterocycles. The van der Waals surface area contributed by atoms with Gasteiger partial charge in [-0.05, 0) is 36.4 Å². The van der Waals surface area contributed by atoms with Crippen LogP contribution in [0.15, 0.2) is 84.9 Å². The fraction of sp³-hybridized carbons (Fsp3) is 0.217. The van der Waals surface area contributed by atoms with Gasteiger partial charge in [0.1, 0.15) is 24.7 Å². The molecule has 0 aromatic heterocycles. The molecule has 0 unspecified atom stereocenters. The van der Waals surface area contributed by atoms with Crippen molar-refractivity contribution >= 4 is 11.6 Å². The molecule has 0 amide bonds. The highest BCUT2D eigenvalue weighted by Crippen LogP contribution is 2.21. The molecule has 146 valence electrons. The zero-order valence-electron chi connectivity index (χ0n) is 15.5. The molecular formula is C23H23ClO4. The first kappa shape index (κ1) is 20.2. The molecule has 0 fully saturated rings. The van der Waals surface area contributed by atoms with Gasteiger partial charge in [0.25, 0.3) is 0 Å². The second-order valence-corrected chi connectivity index (χ2v) is 6.38. The van der Waals surface area contributed by atoms with Gasteiger partial charge >= 0.3 is 0 Å². The van der Waals surface area contributed by atoms with Crippen molar-refractivity contribution < 1.29 is 18.9 Å². The van der Waals surface area contributed by atoms with Crippen LogP contribution in [0.1, 0.15) is 11.9 Å². The van der Waals surface area contributed by atoms with Gasteiger partial charge in [-0.25, -0.2) is 0 Å². The molecule has 28 heavy (non-hydrogen) atoms. The summed E-state index contributed by atoms with van der Waals surface area (Å²) in [7, 11) is 0. The Bertz CT molecular complexity index is 746. The summed E-state index contributed by atoms with van der Waals surface area (Å²) in [6.07, 6.45) is -0.518. The lowest BCUT2D eigenvalue weighted by Gasteiger charge is -2.19. The third-order valence-corrected chi connectivity index (χ3v) is 4.12. The Morgan fingerprint density at radius 1 is 0.571 bits per heavy atom. The van der Waals surface area contributed by atoms with Crippen LogP contribution in [0.3, 0.4) is 0 Å². The maximum atomic E-state index is 5.98. The maximum Gasteiger partial charge on any atom is 0.184 e. The topological polar surface area (TPSA) is 36.9 Å².